The molecule has 1 atom stereocenters. The molecule has 1 unspecified atom stereocenters. The third-order valence-corrected chi connectivity index (χ3v) is 7.64. The van der Waals surface area contributed by atoms with Crippen LogP contribution >= 0.6 is 0 Å². The third kappa shape index (κ3) is 4.89. The van der Waals surface area contributed by atoms with Crippen molar-refractivity contribution in [3.8, 4) is 0 Å². The quantitative estimate of drug-likeness (QED) is 0.802. The summed E-state index contributed by atoms with van der Waals surface area (Å²) in [4.78, 5) is 14.8. The highest BCUT2D eigenvalue weighted by atomic mass is 32.2. The van der Waals surface area contributed by atoms with Gasteiger partial charge in [-0.25, -0.2) is 8.42 Å². The molecule has 2 aliphatic rings. The van der Waals surface area contributed by atoms with Gasteiger partial charge in [-0.15, -0.1) is 0 Å². The molecule has 2 saturated heterocycles. The van der Waals surface area contributed by atoms with Crippen molar-refractivity contribution < 1.29 is 13.2 Å². The monoisotopic (exact) mass is 393 g/mol. The molecule has 0 aliphatic carbocycles. The normalized spacial score (nSPS) is 22.0. The van der Waals surface area contributed by atoms with Gasteiger partial charge in [-0.05, 0) is 56.2 Å². The van der Waals surface area contributed by atoms with E-state index in [1.807, 2.05) is 17.0 Å². The molecular weight excluding hydrogens is 362 g/mol. The Balaban J connectivity index is 1.58. The highest BCUT2D eigenvalue weighted by Gasteiger charge is 2.26. The maximum atomic E-state index is 12.7. The molecule has 1 aromatic rings. The second kappa shape index (κ2) is 9.17. The van der Waals surface area contributed by atoms with Crippen molar-refractivity contribution in [3.63, 3.8) is 0 Å². The summed E-state index contributed by atoms with van der Waals surface area (Å²) in [5, 5.41) is 0. The molecule has 2 aliphatic heterocycles. The lowest BCUT2D eigenvalue weighted by Crippen LogP contribution is -2.47. The van der Waals surface area contributed by atoms with Gasteiger partial charge in [-0.2, -0.15) is 4.31 Å². The molecule has 7 heteroatoms. The summed E-state index contributed by atoms with van der Waals surface area (Å²) in [6.07, 6.45) is 7.20. The van der Waals surface area contributed by atoms with Crippen LogP contribution in [0.25, 0.3) is 0 Å². The number of aryl methyl sites for hydroxylation is 1. The minimum absolute atomic E-state index is 0.148. The Morgan fingerprint density at radius 2 is 1.67 bits per heavy atom. The molecule has 0 radical (unpaired) electrons. The molecule has 27 heavy (non-hydrogen) atoms. The van der Waals surface area contributed by atoms with Crippen LogP contribution in [-0.4, -0.2) is 55.8 Å². The number of rotatable bonds is 6. The summed E-state index contributed by atoms with van der Waals surface area (Å²) in [6, 6.07) is 7.19. The maximum Gasteiger partial charge on any atom is 0.243 e. The van der Waals surface area contributed by atoms with Crippen LogP contribution in [-0.2, 0) is 21.2 Å². The highest BCUT2D eigenvalue weighted by molar-refractivity contribution is 7.89. The van der Waals surface area contributed by atoms with Gasteiger partial charge in [-0.3, -0.25) is 4.79 Å². The van der Waals surface area contributed by atoms with E-state index in [2.05, 4.69) is 0 Å². The van der Waals surface area contributed by atoms with Gasteiger partial charge in [0.2, 0.25) is 15.9 Å². The lowest BCUT2D eigenvalue weighted by Gasteiger charge is -2.35. The average molecular weight is 394 g/mol. The van der Waals surface area contributed by atoms with Crippen molar-refractivity contribution in [3.05, 3.63) is 29.8 Å². The van der Waals surface area contributed by atoms with Gasteiger partial charge in [0.05, 0.1) is 4.90 Å². The summed E-state index contributed by atoms with van der Waals surface area (Å²) < 4.78 is 27.0. The van der Waals surface area contributed by atoms with Crippen molar-refractivity contribution >= 4 is 15.9 Å². The first-order chi connectivity index (χ1) is 13.0. The first-order valence-electron chi connectivity index (χ1n) is 10.1. The van der Waals surface area contributed by atoms with Gasteiger partial charge in [0, 0.05) is 38.6 Å². The molecule has 150 valence electrons. The Bertz CT molecular complexity index is 727. The summed E-state index contributed by atoms with van der Waals surface area (Å²) in [7, 11) is -3.39. The number of piperidine rings is 2. The molecule has 2 fully saturated rings. The number of sulfonamides is 1. The van der Waals surface area contributed by atoms with Crippen LogP contribution in [0, 0.1) is 0 Å². The van der Waals surface area contributed by atoms with Gasteiger partial charge in [-0.1, -0.05) is 18.6 Å². The van der Waals surface area contributed by atoms with Crippen molar-refractivity contribution in [1.82, 2.24) is 9.21 Å². The van der Waals surface area contributed by atoms with Crippen LogP contribution in [0.3, 0.4) is 0 Å². The minimum Gasteiger partial charge on any atom is -0.338 e. The SMILES string of the molecule is NCC1CCCCN1C(=O)CCc1ccc(S(=O)(=O)N2CCCCC2)cc1. The van der Waals surface area contributed by atoms with Crippen molar-refractivity contribution in [2.24, 2.45) is 5.73 Å². The zero-order valence-electron chi connectivity index (χ0n) is 16.0. The maximum absolute atomic E-state index is 12.7. The van der Waals surface area contributed by atoms with Crippen LogP contribution < -0.4 is 5.73 Å². The molecule has 1 amide bonds. The van der Waals surface area contributed by atoms with E-state index in [4.69, 9.17) is 5.73 Å². The predicted molar refractivity (Wildman–Crippen MR) is 106 cm³/mol. The topological polar surface area (TPSA) is 83.7 Å². The van der Waals surface area contributed by atoms with Crippen molar-refractivity contribution in [2.45, 2.75) is 62.3 Å². The second-order valence-electron chi connectivity index (χ2n) is 7.58. The fraction of sp³-hybridized carbons (Fsp3) is 0.650. The number of likely N-dealkylation sites (tertiary alicyclic amines) is 1. The van der Waals surface area contributed by atoms with Gasteiger partial charge in [0.1, 0.15) is 0 Å². The van der Waals surface area contributed by atoms with E-state index in [0.717, 1.165) is 50.6 Å². The van der Waals surface area contributed by atoms with E-state index >= 15 is 0 Å². The number of nitrogens with zero attached hydrogens (tertiary/aromatic N) is 2. The average Bonchev–Trinajstić information content (AvgIpc) is 2.73. The van der Waals surface area contributed by atoms with Crippen molar-refractivity contribution in [2.75, 3.05) is 26.2 Å². The summed E-state index contributed by atoms with van der Waals surface area (Å²) in [6.45, 7) is 2.54. The number of hydrogen-bond acceptors (Lipinski definition) is 4. The summed E-state index contributed by atoms with van der Waals surface area (Å²) in [5.41, 5.74) is 6.79. The fourth-order valence-corrected chi connectivity index (χ4v) is 5.57. The molecular formula is C20H31N3O3S. The molecule has 3 rings (SSSR count). The standard InChI is InChI=1S/C20H31N3O3S/c21-16-18-6-2-5-15-23(18)20(24)12-9-17-7-10-19(11-8-17)27(25,26)22-13-3-1-4-14-22/h7-8,10-11,18H,1-6,9,12-16,21H2. The van der Waals surface area contributed by atoms with Gasteiger partial charge < -0.3 is 10.6 Å². The number of carbonyl (C=O) groups excluding carboxylic acids is 1. The highest BCUT2D eigenvalue weighted by Crippen LogP contribution is 2.22. The van der Waals surface area contributed by atoms with Gasteiger partial charge in [0.25, 0.3) is 0 Å². The van der Waals surface area contributed by atoms with Crippen LogP contribution in [0.1, 0.15) is 50.5 Å². The van der Waals surface area contributed by atoms with Crippen LogP contribution in [0.5, 0.6) is 0 Å². The summed E-state index contributed by atoms with van der Waals surface area (Å²) in [5.74, 6) is 0.148. The molecule has 6 nitrogen and oxygen atoms in total. The number of hydrogen-bond donors (Lipinski definition) is 1. The Labute approximate surface area is 162 Å². The van der Waals surface area contributed by atoms with E-state index in [-0.39, 0.29) is 11.9 Å². The molecule has 0 spiro atoms. The Morgan fingerprint density at radius 3 is 2.33 bits per heavy atom. The minimum atomic E-state index is -3.39. The van der Waals surface area contributed by atoms with E-state index in [0.29, 0.717) is 37.4 Å². The zero-order valence-corrected chi connectivity index (χ0v) is 16.8. The van der Waals surface area contributed by atoms with E-state index in [9.17, 15) is 13.2 Å². The molecule has 2 heterocycles. The van der Waals surface area contributed by atoms with E-state index in [1.54, 1.807) is 16.4 Å². The third-order valence-electron chi connectivity index (χ3n) is 5.72. The Hall–Kier alpha value is -1.44. The predicted octanol–water partition coefficient (Wildman–Crippen LogP) is 2.13. The number of carbonyl (C=O) groups is 1. The summed E-state index contributed by atoms with van der Waals surface area (Å²) >= 11 is 0. The van der Waals surface area contributed by atoms with Crippen LogP contribution in [0.4, 0.5) is 0 Å². The molecule has 1 aromatic carbocycles. The van der Waals surface area contributed by atoms with Gasteiger partial charge >= 0.3 is 0 Å². The molecule has 2 N–H and O–H groups in total. The lowest BCUT2D eigenvalue weighted by molar-refractivity contribution is -0.134. The Kier molecular flexibility index (Phi) is 6.89. The van der Waals surface area contributed by atoms with Crippen LogP contribution in [0.2, 0.25) is 0 Å². The fourth-order valence-electron chi connectivity index (χ4n) is 4.05. The molecule has 0 bridgehead atoms. The lowest BCUT2D eigenvalue weighted by atomic mass is 10.0. The number of amides is 1. The van der Waals surface area contributed by atoms with Crippen molar-refractivity contribution in [1.29, 1.82) is 0 Å². The zero-order chi connectivity index (χ0) is 19.3. The van der Waals surface area contributed by atoms with E-state index in [1.165, 1.54) is 0 Å². The first kappa shape index (κ1) is 20.3. The van der Waals surface area contributed by atoms with E-state index < -0.39 is 10.0 Å². The Morgan fingerprint density at radius 1 is 1.00 bits per heavy atom. The largest absolute Gasteiger partial charge is 0.338 e. The second-order valence-corrected chi connectivity index (χ2v) is 9.52. The van der Waals surface area contributed by atoms with Gasteiger partial charge in [0.15, 0.2) is 0 Å². The number of nitrogens with two attached hydrogens (primary N) is 1. The molecule has 0 saturated carbocycles. The first-order valence-corrected chi connectivity index (χ1v) is 11.5. The van der Waals surface area contributed by atoms with Crippen LogP contribution in [0.15, 0.2) is 29.2 Å². The molecule has 0 aromatic heterocycles. The smallest absolute Gasteiger partial charge is 0.243 e. The number of benzene rings is 1.